The third kappa shape index (κ3) is 2.05. The number of fused-ring (bicyclic) bond motifs is 1. The number of anilines is 1. The van der Waals surface area contributed by atoms with Crippen molar-refractivity contribution in [2.24, 2.45) is 0 Å². The van der Waals surface area contributed by atoms with E-state index in [1.54, 1.807) is 0 Å². The van der Waals surface area contributed by atoms with Gasteiger partial charge in [0, 0.05) is 23.5 Å². The van der Waals surface area contributed by atoms with Gasteiger partial charge in [0.15, 0.2) is 5.82 Å². The Hall–Kier alpha value is -2.44. The number of hydrogen-bond acceptors (Lipinski definition) is 5. The minimum absolute atomic E-state index is 0.513. The molecule has 1 fully saturated rings. The van der Waals surface area contributed by atoms with Crippen molar-refractivity contribution in [3.8, 4) is 0 Å². The van der Waals surface area contributed by atoms with E-state index in [-0.39, 0.29) is 0 Å². The fourth-order valence-electron chi connectivity index (χ4n) is 2.78. The van der Waals surface area contributed by atoms with E-state index >= 15 is 0 Å². The maximum Gasteiger partial charge on any atom is 0.234 e. The zero-order valence-corrected chi connectivity index (χ0v) is 12.1. The number of nitrogens with zero attached hydrogens (tertiary/aromatic N) is 6. The lowest BCUT2D eigenvalue weighted by Crippen LogP contribution is -2.07. The second-order valence-electron chi connectivity index (χ2n) is 5.73. The van der Waals surface area contributed by atoms with E-state index in [0.717, 1.165) is 28.6 Å². The number of imidazole rings is 1. The number of rotatable bonds is 3. The molecule has 0 bridgehead atoms. The Balaban J connectivity index is 1.73. The first-order valence-corrected chi connectivity index (χ1v) is 7.13. The molecule has 1 aliphatic carbocycles. The summed E-state index contributed by atoms with van der Waals surface area (Å²) in [6.45, 7) is 4.61. The standard InChI is InChI=1S/C14H17N7/c1-8-5-9(2)20-6-11(17-14(20)16-8)7-21-12(10-3-4-10)13(15)18-19-21/h5-6,10H,3-4,7,15H2,1-2H3. The average molecular weight is 283 g/mol. The summed E-state index contributed by atoms with van der Waals surface area (Å²) in [6, 6.07) is 2.04. The lowest BCUT2D eigenvalue weighted by Gasteiger charge is -2.02. The van der Waals surface area contributed by atoms with Crippen LogP contribution in [-0.4, -0.2) is 29.4 Å². The fraction of sp³-hybridized carbons (Fsp3) is 0.429. The van der Waals surface area contributed by atoms with Crippen molar-refractivity contribution in [1.82, 2.24) is 29.4 Å². The number of nitrogens with two attached hydrogens (primary N) is 1. The van der Waals surface area contributed by atoms with E-state index in [2.05, 4.69) is 27.2 Å². The number of hydrogen-bond donors (Lipinski definition) is 1. The Bertz CT molecular complexity index is 825. The Morgan fingerprint density at radius 2 is 2.10 bits per heavy atom. The minimum Gasteiger partial charge on any atom is -0.381 e. The first-order chi connectivity index (χ1) is 10.1. The molecule has 1 saturated carbocycles. The molecular formula is C14H17N7. The molecule has 108 valence electrons. The van der Waals surface area contributed by atoms with Gasteiger partial charge < -0.3 is 5.73 Å². The van der Waals surface area contributed by atoms with E-state index < -0.39 is 0 Å². The molecule has 0 amide bonds. The molecule has 0 radical (unpaired) electrons. The van der Waals surface area contributed by atoms with Crippen LogP contribution in [0.15, 0.2) is 12.3 Å². The number of aromatic nitrogens is 6. The van der Waals surface area contributed by atoms with Crippen LogP contribution >= 0.6 is 0 Å². The normalized spacial score (nSPS) is 15.0. The van der Waals surface area contributed by atoms with E-state index in [0.29, 0.717) is 18.3 Å². The molecule has 0 unspecified atom stereocenters. The van der Waals surface area contributed by atoms with Crippen LogP contribution in [0.5, 0.6) is 0 Å². The van der Waals surface area contributed by atoms with Crippen molar-refractivity contribution in [1.29, 1.82) is 0 Å². The molecule has 2 N–H and O–H groups in total. The van der Waals surface area contributed by atoms with Crippen LogP contribution in [0.3, 0.4) is 0 Å². The molecule has 3 aromatic heterocycles. The minimum atomic E-state index is 0.513. The molecule has 4 rings (SSSR count). The predicted molar refractivity (Wildman–Crippen MR) is 78.0 cm³/mol. The third-order valence-corrected chi connectivity index (χ3v) is 3.89. The van der Waals surface area contributed by atoms with E-state index in [9.17, 15) is 0 Å². The van der Waals surface area contributed by atoms with Crippen molar-refractivity contribution >= 4 is 11.6 Å². The van der Waals surface area contributed by atoms with Gasteiger partial charge in [0.1, 0.15) is 0 Å². The maximum absolute atomic E-state index is 5.92. The van der Waals surface area contributed by atoms with Gasteiger partial charge in [-0.25, -0.2) is 14.6 Å². The number of aryl methyl sites for hydroxylation is 2. The first-order valence-electron chi connectivity index (χ1n) is 7.13. The van der Waals surface area contributed by atoms with Gasteiger partial charge in [0.25, 0.3) is 0 Å². The molecule has 0 aliphatic heterocycles. The largest absolute Gasteiger partial charge is 0.381 e. The molecule has 0 aromatic carbocycles. The van der Waals surface area contributed by atoms with Gasteiger partial charge in [0.05, 0.1) is 17.9 Å². The first kappa shape index (κ1) is 12.3. The van der Waals surface area contributed by atoms with Gasteiger partial charge in [-0.1, -0.05) is 5.21 Å². The monoisotopic (exact) mass is 283 g/mol. The van der Waals surface area contributed by atoms with Gasteiger partial charge in [-0.15, -0.1) is 5.10 Å². The van der Waals surface area contributed by atoms with E-state index in [4.69, 9.17) is 5.73 Å². The highest BCUT2D eigenvalue weighted by atomic mass is 15.4. The Morgan fingerprint density at radius 3 is 2.86 bits per heavy atom. The molecule has 21 heavy (non-hydrogen) atoms. The SMILES string of the molecule is Cc1cc(C)n2cc(Cn3nnc(N)c3C3CC3)nc2n1. The molecule has 3 heterocycles. The highest BCUT2D eigenvalue weighted by Crippen LogP contribution is 2.42. The van der Waals surface area contributed by atoms with Crippen molar-refractivity contribution in [3.63, 3.8) is 0 Å². The highest BCUT2D eigenvalue weighted by molar-refractivity contribution is 5.39. The van der Waals surface area contributed by atoms with Crippen LogP contribution in [-0.2, 0) is 6.54 Å². The second kappa shape index (κ2) is 4.28. The average Bonchev–Trinajstić information content (AvgIpc) is 3.07. The molecule has 7 nitrogen and oxygen atoms in total. The van der Waals surface area contributed by atoms with Crippen LogP contribution in [0.25, 0.3) is 5.78 Å². The van der Waals surface area contributed by atoms with Crippen LogP contribution in [0.2, 0.25) is 0 Å². The van der Waals surface area contributed by atoms with Crippen molar-refractivity contribution in [2.75, 3.05) is 5.73 Å². The third-order valence-electron chi connectivity index (χ3n) is 3.89. The smallest absolute Gasteiger partial charge is 0.234 e. The lowest BCUT2D eigenvalue weighted by molar-refractivity contribution is 0.612. The zero-order valence-electron chi connectivity index (χ0n) is 12.1. The summed E-state index contributed by atoms with van der Waals surface area (Å²) in [5.41, 5.74) is 9.99. The van der Waals surface area contributed by atoms with E-state index in [1.807, 2.05) is 28.3 Å². The van der Waals surface area contributed by atoms with Gasteiger partial charge in [-0.3, -0.25) is 4.40 Å². The summed E-state index contributed by atoms with van der Waals surface area (Å²) in [6.07, 6.45) is 4.34. The molecule has 0 saturated heterocycles. The van der Waals surface area contributed by atoms with Crippen LogP contribution < -0.4 is 5.73 Å². The van der Waals surface area contributed by atoms with Gasteiger partial charge in [-0.2, -0.15) is 0 Å². The van der Waals surface area contributed by atoms with Crippen LogP contribution in [0.4, 0.5) is 5.82 Å². The topological polar surface area (TPSA) is 86.9 Å². The summed E-state index contributed by atoms with van der Waals surface area (Å²) in [7, 11) is 0. The van der Waals surface area contributed by atoms with Crippen LogP contribution in [0, 0.1) is 13.8 Å². The summed E-state index contributed by atoms with van der Waals surface area (Å²) >= 11 is 0. The Kier molecular flexibility index (Phi) is 2.51. The molecule has 0 spiro atoms. The Morgan fingerprint density at radius 1 is 1.29 bits per heavy atom. The van der Waals surface area contributed by atoms with Gasteiger partial charge >= 0.3 is 0 Å². The van der Waals surface area contributed by atoms with E-state index in [1.165, 1.54) is 12.8 Å². The predicted octanol–water partition coefficient (Wildman–Crippen LogP) is 1.45. The molecular weight excluding hydrogens is 266 g/mol. The van der Waals surface area contributed by atoms with Crippen molar-refractivity contribution in [2.45, 2.75) is 39.2 Å². The summed E-state index contributed by atoms with van der Waals surface area (Å²) in [4.78, 5) is 9.04. The molecule has 1 aliphatic rings. The number of nitrogen functional groups attached to an aromatic ring is 1. The quantitative estimate of drug-likeness (QED) is 0.786. The van der Waals surface area contributed by atoms with Crippen molar-refractivity contribution in [3.05, 3.63) is 35.0 Å². The van der Waals surface area contributed by atoms with Crippen LogP contribution in [0.1, 0.15) is 41.5 Å². The summed E-state index contributed by atoms with van der Waals surface area (Å²) in [5, 5.41) is 8.15. The zero-order chi connectivity index (χ0) is 14.6. The van der Waals surface area contributed by atoms with Crippen molar-refractivity contribution < 1.29 is 0 Å². The molecule has 3 aromatic rings. The highest BCUT2D eigenvalue weighted by Gasteiger charge is 2.30. The second-order valence-corrected chi connectivity index (χ2v) is 5.73. The summed E-state index contributed by atoms with van der Waals surface area (Å²) in [5.74, 6) is 1.79. The maximum atomic E-state index is 5.92. The van der Waals surface area contributed by atoms with Gasteiger partial charge in [0.2, 0.25) is 5.78 Å². The molecule has 0 atom stereocenters. The Labute approximate surface area is 121 Å². The molecule has 7 heteroatoms. The fourth-order valence-corrected chi connectivity index (χ4v) is 2.78. The summed E-state index contributed by atoms with van der Waals surface area (Å²) < 4.78 is 3.87. The lowest BCUT2D eigenvalue weighted by atomic mass is 10.3. The van der Waals surface area contributed by atoms with Gasteiger partial charge in [-0.05, 0) is 32.8 Å².